The van der Waals surface area contributed by atoms with Gasteiger partial charge in [-0.05, 0) is 39.3 Å². The zero-order valence-electron chi connectivity index (χ0n) is 10.5. The maximum Gasteiger partial charge on any atom is 0.0743 e. The Hall–Kier alpha value is -0.120. The molecular formula is C12H26N2O. The fourth-order valence-corrected chi connectivity index (χ4v) is 2.68. The highest BCUT2D eigenvalue weighted by molar-refractivity contribution is 5.00. The predicted octanol–water partition coefficient (Wildman–Crippen LogP) is 1.61. The largest absolute Gasteiger partial charge is 0.376 e. The standard InChI is InChI=1S/C12H26N2O/c1-4-7-14(8-5-2)12(10-13)6-9-15-11(12)3/h11H,4-10,13H2,1-3H3. The molecular weight excluding hydrogens is 188 g/mol. The van der Waals surface area contributed by atoms with Crippen LogP contribution in [0.2, 0.25) is 0 Å². The van der Waals surface area contributed by atoms with Crippen LogP contribution in [0.25, 0.3) is 0 Å². The molecule has 1 aliphatic heterocycles. The van der Waals surface area contributed by atoms with Crippen molar-refractivity contribution in [3.63, 3.8) is 0 Å². The van der Waals surface area contributed by atoms with Crippen LogP contribution in [0, 0.1) is 0 Å². The summed E-state index contributed by atoms with van der Waals surface area (Å²) in [6.07, 6.45) is 3.74. The van der Waals surface area contributed by atoms with Gasteiger partial charge in [0.15, 0.2) is 0 Å². The summed E-state index contributed by atoms with van der Waals surface area (Å²) in [7, 11) is 0. The lowest BCUT2D eigenvalue weighted by Crippen LogP contribution is -2.58. The zero-order valence-corrected chi connectivity index (χ0v) is 10.5. The van der Waals surface area contributed by atoms with Crippen LogP contribution in [0.5, 0.6) is 0 Å². The molecule has 0 aliphatic carbocycles. The van der Waals surface area contributed by atoms with E-state index in [0.29, 0.717) is 6.54 Å². The van der Waals surface area contributed by atoms with Crippen molar-refractivity contribution in [2.75, 3.05) is 26.2 Å². The Labute approximate surface area is 94.0 Å². The van der Waals surface area contributed by atoms with Gasteiger partial charge in [-0.15, -0.1) is 0 Å². The SMILES string of the molecule is CCCN(CCC)C1(CN)CCOC1C. The molecule has 90 valence electrons. The Morgan fingerprint density at radius 3 is 2.27 bits per heavy atom. The molecule has 0 amide bonds. The normalized spacial score (nSPS) is 31.4. The zero-order chi connectivity index (χ0) is 11.3. The minimum atomic E-state index is 0.103. The summed E-state index contributed by atoms with van der Waals surface area (Å²) in [5.74, 6) is 0. The Bertz CT molecular complexity index is 180. The average molecular weight is 214 g/mol. The molecule has 0 aromatic heterocycles. The summed E-state index contributed by atoms with van der Waals surface area (Å²) in [5, 5.41) is 0. The monoisotopic (exact) mass is 214 g/mol. The van der Waals surface area contributed by atoms with Crippen LogP contribution in [0.4, 0.5) is 0 Å². The van der Waals surface area contributed by atoms with Crippen LogP contribution in [-0.2, 0) is 4.74 Å². The molecule has 1 aliphatic rings. The van der Waals surface area contributed by atoms with Gasteiger partial charge in [0.2, 0.25) is 0 Å². The van der Waals surface area contributed by atoms with E-state index in [1.54, 1.807) is 0 Å². The van der Waals surface area contributed by atoms with Crippen molar-refractivity contribution < 1.29 is 4.74 Å². The van der Waals surface area contributed by atoms with Gasteiger partial charge in [-0.25, -0.2) is 0 Å². The highest BCUT2D eigenvalue weighted by Gasteiger charge is 2.44. The van der Waals surface area contributed by atoms with Crippen LogP contribution in [0.1, 0.15) is 40.0 Å². The smallest absolute Gasteiger partial charge is 0.0743 e. The minimum Gasteiger partial charge on any atom is -0.376 e. The van der Waals surface area contributed by atoms with Gasteiger partial charge < -0.3 is 10.5 Å². The van der Waals surface area contributed by atoms with E-state index in [1.807, 2.05) is 0 Å². The van der Waals surface area contributed by atoms with Gasteiger partial charge in [-0.3, -0.25) is 4.90 Å². The van der Waals surface area contributed by atoms with Crippen LogP contribution in [-0.4, -0.2) is 42.8 Å². The third-order valence-electron chi connectivity index (χ3n) is 3.63. The molecule has 0 aromatic carbocycles. The number of ether oxygens (including phenoxy) is 1. The molecule has 1 fully saturated rings. The first-order chi connectivity index (χ1) is 7.21. The number of hydrogen-bond donors (Lipinski definition) is 1. The molecule has 0 saturated carbocycles. The van der Waals surface area contributed by atoms with Crippen molar-refractivity contribution in [1.29, 1.82) is 0 Å². The maximum absolute atomic E-state index is 6.00. The van der Waals surface area contributed by atoms with E-state index in [1.165, 1.54) is 12.8 Å². The summed E-state index contributed by atoms with van der Waals surface area (Å²) >= 11 is 0. The molecule has 0 bridgehead atoms. The van der Waals surface area contributed by atoms with Crippen LogP contribution in [0.15, 0.2) is 0 Å². The van der Waals surface area contributed by atoms with Gasteiger partial charge in [0, 0.05) is 13.2 Å². The fraction of sp³-hybridized carbons (Fsp3) is 1.00. The summed E-state index contributed by atoms with van der Waals surface area (Å²) in [4.78, 5) is 2.55. The van der Waals surface area contributed by atoms with Crippen LogP contribution < -0.4 is 5.73 Å². The van der Waals surface area contributed by atoms with Crippen molar-refractivity contribution in [1.82, 2.24) is 4.90 Å². The van der Waals surface area contributed by atoms with Gasteiger partial charge in [-0.2, -0.15) is 0 Å². The van der Waals surface area contributed by atoms with Crippen molar-refractivity contribution in [3.05, 3.63) is 0 Å². The Morgan fingerprint density at radius 1 is 1.33 bits per heavy atom. The van der Waals surface area contributed by atoms with E-state index in [4.69, 9.17) is 10.5 Å². The molecule has 2 atom stereocenters. The highest BCUT2D eigenvalue weighted by atomic mass is 16.5. The van der Waals surface area contributed by atoms with Crippen molar-refractivity contribution >= 4 is 0 Å². The van der Waals surface area contributed by atoms with Crippen molar-refractivity contribution in [2.45, 2.75) is 51.7 Å². The third-order valence-corrected chi connectivity index (χ3v) is 3.63. The second kappa shape index (κ2) is 5.83. The topological polar surface area (TPSA) is 38.5 Å². The van der Waals surface area contributed by atoms with E-state index in [2.05, 4.69) is 25.7 Å². The van der Waals surface area contributed by atoms with Gasteiger partial charge in [0.05, 0.1) is 11.6 Å². The summed E-state index contributed by atoms with van der Waals surface area (Å²) in [6.45, 7) is 10.5. The maximum atomic E-state index is 6.00. The molecule has 0 aromatic rings. The van der Waals surface area contributed by atoms with Crippen LogP contribution in [0.3, 0.4) is 0 Å². The first kappa shape index (κ1) is 12.9. The van der Waals surface area contributed by atoms with E-state index in [-0.39, 0.29) is 11.6 Å². The lowest BCUT2D eigenvalue weighted by Gasteiger charge is -2.42. The van der Waals surface area contributed by atoms with E-state index in [0.717, 1.165) is 26.1 Å². The van der Waals surface area contributed by atoms with E-state index < -0.39 is 0 Å². The van der Waals surface area contributed by atoms with Gasteiger partial charge in [-0.1, -0.05) is 13.8 Å². The Morgan fingerprint density at radius 2 is 1.93 bits per heavy atom. The Balaban J connectivity index is 2.75. The number of hydrogen-bond acceptors (Lipinski definition) is 3. The lowest BCUT2D eigenvalue weighted by atomic mass is 9.89. The molecule has 2 N–H and O–H groups in total. The predicted molar refractivity (Wildman–Crippen MR) is 64.0 cm³/mol. The molecule has 1 rings (SSSR count). The first-order valence-corrected chi connectivity index (χ1v) is 6.28. The van der Waals surface area contributed by atoms with E-state index >= 15 is 0 Å². The highest BCUT2D eigenvalue weighted by Crippen LogP contribution is 2.31. The molecule has 2 unspecified atom stereocenters. The number of nitrogens with two attached hydrogens (primary N) is 1. The minimum absolute atomic E-state index is 0.103. The average Bonchev–Trinajstić information content (AvgIpc) is 2.60. The Kier molecular flexibility index (Phi) is 5.03. The van der Waals surface area contributed by atoms with E-state index in [9.17, 15) is 0 Å². The first-order valence-electron chi connectivity index (χ1n) is 6.28. The number of nitrogens with zero attached hydrogens (tertiary/aromatic N) is 1. The summed E-state index contributed by atoms with van der Waals surface area (Å²) in [5.41, 5.74) is 6.10. The van der Waals surface area contributed by atoms with Gasteiger partial charge >= 0.3 is 0 Å². The number of rotatable bonds is 6. The second-order valence-corrected chi connectivity index (χ2v) is 4.56. The summed E-state index contributed by atoms with van der Waals surface area (Å²) in [6, 6.07) is 0. The van der Waals surface area contributed by atoms with Gasteiger partial charge in [0.1, 0.15) is 0 Å². The molecule has 1 saturated heterocycles. The third kappa shape index (κ3) is 2.52. The van der Waals surface area contributed by atoms with Gasteiger partial charge in [0.25, 0.3) is 0 Å². The van der Waals surface area contributed by atoms with Crippen molar-refractivity contribution in [2.24, 2.45) is 5.73 Å². The molecule has 3 heteroatoms. The fourth-order valence-electron chi connectivity index (χ4n) is 2.68. The molecule has 15 heavy (non-hydrogen) atoms. The molecule has 3 nitrogen and oxygen atoms in total. The quantitative estimate of drug-likeness (QED) is 0.730. The van der Waals surface area contributed by atoms with Crippen LogP contribution >= 0.6 is 0 Å². The molecule has 0 radical (unpaired) electrons. The summed E-state index contributed by atoms with van der Waals surface area (Å²) < 4.78 is 5.71. The van der Waals surface area contributed by atoms with Crippen molar-refractivity contribution in [3.8, 4) is 0 Å². The molecule has 0 spiro atoms. The molecule has 1 heterocycles. The lowest BCUT2D eigenvalue weighted by molar-refractivity contribution is 0.0141. The second-order valence-electron chi connectivity index (χ2n) is 4.56.